The summed E-state index contributed by atoms with van der Waals surface area (Å²) in [6, 6.07) is 9.52. The Morgan fingerprint density at radius 2 is 1.83 bits per heavy atom. The number of nitrogens with zero attached hydrogens (tertiary/aromatic N) is 4. The molecule has 0 spiro atoms. The molecule has 0 radical (unpaired) electrons. The lowest BCUT2D eigenvalue weighted by molar-refractivity contribution is 0.400. The highest BCUT2D eigenvalue weighted by atomic mass is 32.2. The number of pyridine rings is 1. The molecule has 29 heavy (non-hydrogen) atoms. The first kappa shape index (κ1) is 20.6. The molecule has 0 fully saturated rings. The normalized spacial score (nSPS) is 11.4. The Morgan fingerprint density at radius 1 is 1.14 bits per heavy atom. The molecular weight excluding hydrogens is 404 g/mol. The van der Waals surface area contributed by atoms with Gasteiger partial charge in [-0.25, -0.2) is 22.5 Å². The fourth-order valence-corrected chi connectivity index (χ4v) is 3.21. The summed E-state index contributed by atoms with van der Waals surface area (Å²) in [5.74, 6) is 0. The van der Waals surface area contributed by atoms with Gasteiger partial charge in [-0.2, -0.15) is 13.9 Å². The second-order valence-corrected chi connectivity index (χ2v) is 8.22. The fraction of sp³-hybridized carbons (Fsp3) is 0.167. The van der Waals surface area contributed by atoms with E-state index in [2.05, 4.69) is 10.1 Å². The molecule has 3 rings (SSSR count). The van der Waals surface area contributed by atoms with E-state index >= 15 is 0 Å². The lowest BCUT2D eigenvalue weighted by atomic mass is 10.1. The van der Waals surface area contributed by atoms with Crippen molar-refractivity contribution in [3.63, 3.8) is 0 Å². The molecule has 1 aromatic carbocycles. The fourth-order valence-electron chi connectivity index (χ4n) is 2.58. The molecule has 0 atom stereocenters. The molecule has 2 heterocycles. The largest absolute Gasteiger partial charge is 0.350 e. The van der Waals surface area contributed by atoms with Gasteiger partial charge < -0.3 is 5.73 Å². The van der Waals surface area contributed by atoms with Crippen LogP contribution in [-0.4, -0.2) is 40.5 Å². The first-order valence-electron chi connectivity index (χ1n) is 8.35. The third kappa shape index (κ3) is 4.46. The summed E-state index contributed by atoms with van der Waals surface area (Å²) in [7, 11) is -3.29. The second-order valence-electron chi connectivity index (χ2n) is 6.21. The molecule has 11 heteroatoms. The number of nitrogens with two attached hydrogens (primary N) is 1. The molecule has 0 saturated heterocycles. The molecule has 0 saturated carbocycles. The summed E-state index contributed by atoms with van der Waals surface area (Å²) < 4.78 is 50.6. The zero-order valence-electron chi connectivity index (χ0n) is 15.3. The van der Waals surface area contributed by atoms with Crippen molar-refractivity contribution in [2.24, 2.45) is 5.73 Å². The SMILES string of the molecule is CS(=O)(=O)c1ccc(-c2ccc(-n3cnn(CC(CN)=C(F)F)c3=O)cn2)cc1. The lowest BCUT2D eigenvalue weighted by Crippen LogP contribution is -2.26. The monoisotopic (exact) mass is 421 g/mol. The number of aromatic nitrogens is 4. The van der Waals surface area contributed by atoms with Crippen LogP contribution >= 0.6 is 0 Å². The maximum atomic E-state index is 12.7. The van der Waals surface area contributed by atoms with Crippen LogP contribution in [0.4, 0.5) is 8.78 Å². The first-order chi connectivity index (χ1) is 13.7. The lowest BCUT2D eigenvalue weighted by Gasteiger charge is -2.05. The Balaban J connectivity index is 1.86. The van der Waals surface area contributed by atoms with Crippen LogP contribution in [0.1, 0.15) is 0 Å². The molecule has 2 aromatic heterocycles. The molecule has 3 aromatic rings. The average Bonchev–Trinajstić information content (AvgIpc) is 3.05. The highest BCUT2D eigenvalue weighted by molar-refractivity contribution is 7.90. The Labute approximate surface area is 164 Å². The van der Waals surface area contributed by atoms with Crippen LogP contribution in [0.15, 0.2) is 70.3 Å². The minimum atomic E-state index is -3.29. The van der Waals surface area contributed by atoms with Crippen LogP contribution in [0.3, 0.4) is 0 Å². The molecule has 0 aliphatic heterocycles. The van der Waals surface area contributed by atoms with Crippen LogP contribution in [0.5, 0.6) is 0 Å². The van der Waals surface area contributed by atoms with E-state index in [1.807, 2.05) is 0 Å². The predicted octanol–water partition coefficient (Wildman–Crippen LogP) is 1.61. The number of hydrogen-bond acceptors (Lipinski definition) is 6. The summed E-state index contributed by atoms with van der Waals surface area (Å²) in [4.78, 5) is 16.9. The number of sulfone groups is 1. The van der Waals surface area contributed by atoms with Gasteiger partial charge in [0.05, 0.1) is 29.0 Å². The number of halogens is 2. The van der Waals surface area contributed by atoms with E-state index in [-0.39, 0.29) is 17.0 Å². The molecule has 0 amide bonds. The smallest absolute Gasteiger partial charge is 0.327 e. The van der Waals surface area contributed by atoms with Crippen molar-refractivity contribution in [1.82, 2.24) is 19.3 Å². The molecule has 0 aliphatic rings. The highest BCUT2D eigenvalue weighted by Crippen LogP contribution is 2.20. The predicted molar refractivity (Wildman–Crippen MR) is 102 cm³/mol. The van der Waals surface area contributed by atoms with Crippen molar-refractivity contribution in [2.75, 3.05) is 12.8 Å². The van der Waals surface area contributed by atoms with Gasteiger partial charge in [-0.05, 0) is 24.3 Å². The van der Waals surface area contributed by atoms with E-state index in [1.54, 1.807) is 24.3 Å². The van der Waals surface area contributed by atoms with Crippen molar-refractivity contribution in [3.8, 4) is 16.9 Å². The van der Waals surface area contributed by atoms with E-state index in [0.717, 1.165) is 10.9 Å². The summed E-state index contributed by atoms with van der Waals surface area (Å²) in [6.45, 7) is -0.779. The molecule has 152 valence electrons. The molecule has 0 aliphatic carbocycles. The minimum absolute atomic E-state index is 0.201. The summed E-state index contributed by atoms with van der Waals surface area (Å²) >= 11 is 0. The Bertz CT molecular complexity index is 1210. The van der Waals surface area contributed by atoms with Crippen LogP contribution in [0, 0.1) is 0 Å². The second kappa shape index (κ2) is 8.05. The summed E-state index contributed by atoms with van der Waals surface area (Å²) in [5, 5.41) is 3.83. The highest BCUT2D eigenvalue weighted by Gasteiger charge is 2.12. The third-order valence-corrected chi connectivity index (χ3v) is 5.32. The van der Waals surface area contributed by atoms with Crippen molar-refractivity contribution >= 4 is 9.84 Å². The van der Waals surface area contributed by atoms with E-state index in [0.29, 0.717) is 16.9 Å². The van der Waals surface area contributed by atoms with Crippen molar-refractivity contribution < 1.29 is 17.2 Å². The average molecular weight is 421 g/mol. The van der Waals surface area contributed by atoms with E-state index in [1.165, 1.54) is 29.2 Å². The standard InChI is InChI=1S/C18H17F2N5O3S/c1-29(27,28)15-5-2-12(3-6-15)16-7-4-14(9-22-16)24-11-23-25(18(24)26)10-13(8-21)17(19)20/h2-7,9,11H,8,10,21H2,1H3. The topological polar surface area (TPSA) is 113 Å². The van der Waals surface area contributed by atoms with E-state index < -0.39 is 28.2 Å². The molecule has 8 nitrogen and oxygen atoms in total. The molecular formula is C18H17F2N5O3S. The van der Waals surface area contributed by atoms with Crippen LogP contribution in [0.2, 0.25) is 0 Å². The zero-order chi connectivity index (χ0) is 21.2. The summed E-state index contributed by atoms with van der Waals surface area (Å²) in [6.07, 6.45) is 1.84. The number of benzene rings is 1. The van der Waals surface area contributed by atoms with Gasteiger partial charge in [-0.1, -0.05) is 12.1 Å². The van der Waals surface area contributed by atoms with Crippen LogP contribution in [-0.2, 0) is 16.4 Å². The number of rotatable bonds is 6. The van der Waals surface area contributed by atoms with Gasteiger partial charge in [-0.3, -0.25) is 4.98 Å². The van der Waals surface area contributed by atoms with Crippen molar-refractivity contribution in [2.45, 2.75) is 11.4 Å². The first-order valence-corrected chi connectivity index (χ1v) is 10.2. The van der Waals surface area contributed by atoms with E-state index in [9.17, 15) is 22.0 Å². The number of hydrogen-bond donors (Lipinski definition) is 1. The van der Waals surface area contributed by atoms with Crippen molar-refractivity contribution in [3.05, 3.63) is 71.1 Å². The van der Waals surface area contributed by atoms with Crippen LogP contribution in [0.25, 0.3) is 16.9 Å². The quantitative estimate of drug-likeness (QED) is 0.647. The maximum absolute atomic E-state index is 12.7. The summed E-state index contributed by atoms with van der Waals surface area (Å²) in [5.41, 5.74) is 5.95. The minimum Gasteiger partial charge on any atom is -0.327 e. The zero-order valence-corrected chi connectivity index (χ0v) is 16.1. The van der Waals surface area contributed by atoms with E-state index in [4.69, 9.17) is 5.73 Å². The molecule has 2 N–H and O–H groups in total. The van der Waals surface area contributed by atoms with Gasteiger partial charge in [0.15, 0.2) is 9.84 Å². The molecule has 0 unspecified atom stereocenters. The maximum Gasteiger partial charge on any atom is 0.350 e. The Hall–Kier alpha value is -3.18. The van der Waals surface area contributed by atoms with Gasteiger partial charge in [0.2, 0.25) is 0 Å². The van der Waals surface area contributed by atoms with Gasteiger partial charge in [0, 0.05) is 23.9 Å². The molecule has 0 bridgehead atoms. The Morgan fingerprint density at radius 3 is 2.34 bits per heavy atom. The van der Waals surface area contributed by atoms with Gasteiger partial charge >= 0.3 is 5.69 Å². The van der Waals surface area contributed by atoms with Crippen molar-refractivity contribution in [1.29, 1.82) is 0 Å². The van der Waals surface area contributed by atoms with Gasteiger partial charge in [0.1, 0.15) is 6.33 Å². The Kier molecular flexibility index (Phi) is 5.71. The van der Waals surface area contributed by atoms with Gasteiger partial charge in [-0.15, -0.1) is 0 Å². The van der Waals surface area contributed by atoms with Crippen LogP contribution < -0.4 is 11.4 Å². The van der Waals surface area contributed by atoms with Gasteiger partial charge in [0.25, 0.3) is 6.08 Å². The third-order valence-electron chi connectivity index (χ3n) is 4.19.